The number of hydrogen-bond donors (Lipinski definition) is 1. The van der Waals surface area contributed by atoms with Crippen LogP contribution in [0.25, 0.3) is 11.2 Å². The zero-order valence-electron chi connectivity index (χ0n) is 10.9. The highest BCUT2D eigenvalue weighted by atomic mass is 15.2. The van der Waals surface area contributed by atoms with Gasteiger partial charge in [-0.15, -0.1) is 0 Å². The van der Waals surface area contributed by atoms with Crippen molar-refractivity contribution in [3.8, 4) is 0 Å². The molecule has 1 aliphatic rings. The molecule has 0 spiro atoms. The van der Waals surface area contributed by atoms with Crippen LogP contribution in [0.3, 0.4) is 0 Å². The molecule has 0 radical (unpaired) electrons. The number of aromatic nitrogens is 4. The van der Waals surface area contributed by atoms with E-state index in [0.717, 1.165) is 17.0 Å². The Morgan fingerprint density at radius 1 is 1.22 bits per heavy atom. The summed E-state index contributed by atoms with van der Waals surface area (Å²) in [6.07, 6.45) is 8.56. The van der Waals surface area contributed by atoms with E-state index in [4.69, 9.17) is 0 Å². The molecule has 1 fully saturated rings. The van der Waals surface area contributed by atoms with E-state index in [1.807, 2.05) is 6.33 Å². The molecule has 1 saturated carbocycles. The molecule has 0 atom stereocenters. The predicted molar refractivity (Wildman–Crippen MR) is 71.6 cm³/mol. The lowest BCUT2D eigenvalue weighted by Gasteiger charge is -2.13. The molecule has 2 aromatic rings. The van der Waals surface area contributed by atoms with Crippen molar-refractivity contribution < 1.29 is 0 Å². The lowest BCUT2D eigenvalue weighted by atomic mass is 10.2. The molecule has 96 valence electrons. The third kappa shape index (κ3) is 1.94. The number of hydrogen-bond acceptors (Lipinski definition) is 4. The lowest BCUT2D eigenvalue weighted by molar-refractivity contribution is 0.612. The van der Waals surface area contributed by atoms with E-state index in [1.54, 1.807) is 6.33 Å². The van der Waals surface area contributed by atoms with Crippen molar-refractivity contribution in [2.75, 3.05) is 5.32 Å². The zero-order valence-corrected chi connectivity index (χ0v) is 10.9. The molecule has 0 saturated heterocycles. The Bertz CT molecular complexity index is 539. The summed E-state index contributed by atoms with van der Waals surface area (Å²) in [5.41, 5.74) is 1.80. The number of nitrogens with zero attached hydrogens (tertiary/aromatic N) is 4. The molecule has 0 amide bonds. The van der Waals surface area contributed by atoms with Crippen LogP contribution in [-0.4, -0.2) is 25.6 Å². The molecule has 2 aromatic heterocycles. The molecule has 0 aromatic carbocycles. The minimum absolute atomic E-state index is 0.365. The molecule has 0 bridgehead atoms. The third-order valence-electron chi connectivity index (χ3n) is 3.61. The minimum atomic E-state index is 0.365. The first kappa shape index (κ1) is 11.4. The standard InChI is InChI=1S/C13H19N5/c1-9(2)18-8-16-11-12(14-7-15-13(11)18)17-10-5-3-4-6-10/h7-10H,3-6H2,1-2H3,(H,14,15,17). The maximum Gasteiger partial charge on any atom is 0.165 e. The number of nitrogens with one attached hydrogen (secondary N) is 1. The van der Waals surface area contributed by atoms with E-state index in [-0.39, 0.29) is 0 Å². The summed E-state index contributed by atoms with van der Waals surface area (Å²) < 4.78 is 2.08. The van der Waals surface area contributed by atoms with Gasteiger partial charge in [0.05, 0.1) is 6.33 Å². The maximum atomic E-state index is 4.46. The Labute approximate surface area is 107 Å². The normalized spacial score (nSPS) is 16.8. The highest BCUT2D eigenvalue weighted by Gasteiger charge is 2.18. The van der Waals surface area contributed by atoms with E-state index in [1.165, 1.54) is 25.7 Å². The molecule has 1 aliphatic carbocycles. The molecule has 18 heavy (non-hydrogen) atoms. The average molecular weight is 245 g/mol. The molecule has 0 unspecified atom stereocenters. The second-order valence-electron chi connectivity index (χ2n) is 5.27. The highest BCUT2D eigenvalue weighted by molar-refractivity contribution is 5.82. The molecular weight excluding hydrogens is 226 g/mol. The van der Waals surface area contributed by atoms with Crippen LogP contribution < -0.4 is 5.32 Å². The first-order valence-electron chi connectivity index (χ1n) is 6.70. The number of fused-ring (bicyclic) bond motifs is 1. The van der Waals surface area contributed by atoms with Crippen molar-refractivity contribution in [3.05, 3.63) is 12.7 Å². The van der Waals surface area contributed by atoms with E-state index in [0.29, 0.717) is 12.1 Å². The second-order valence-corrected chi connectivity index (χ2v) is 5.27. The van der Waals surface area contributed by atoms with Gasteiger partial charge in [-0.05, 0) is 26.7 Å². The van der Waals surface area contributed by atoms with Gasteiger partial charge >= 0.3 is 0 Å². The third-order valence-corrected chi connectivity index (χ3v) is 3.61. The van der Waals surface area contributed by atoms with Crippen molar-refractivity contribution in [2.24, 2.45) is 0 Å². The largest absolute Gasteiger partial charge is 0.365 e. The summed E-state index contributed by atoms with van der Waals surface area (Å²) in [4.78, 5) is 13.1. The van der Waals surface area contributed by atoms with Gasteiger partial charge in [0.1, 0.15) is 11.8 Å². The zero-order chi connectivity index (χ0) is 12.5. The quantitative estimate of drug-likeness (QED) is 0.903. The van der Waals surface area contributed by atoms with Crippen LogP contribution in [0.4, 0.5) is 5.82 Å². The van der Waals surface area contributed by atoms with Gasteiger partial charge in [-0.1, -0.05) is 12.8 Å². The molecule has 2 heterocycles. The van der Waals surface area contributed by atoms with E-state index >= 15 is 0 Å². The van der Waals surface area contributed by atoms with Gasteiger partial charge in [-0.2, -0.15) is 0 Å². The van der Waals surface area contributed by atoms with Gasteiger partial charge < -0.3 is 9.88 Å². The van der Waals surface area contributed by atoms with Gasteiger partial charge in [-0.25, -0.2) is 15.0 Å². The second kappa shape index (κ2) is 4.55. The number of anilines is 1. The van der Waals surface area contributed by atoms with Crippen LogP contribution in [0.1, 0.15) is 45.6 Å². The van der Waals surface area contributed by atoms with Crippen LogP contribution in [-0.2, 0) is 0 Å². The summed E-state index contributed by atoms with van der Waals surface area (Å²) >= 11 is 0. The Morgan fingerprint density at radius 2 is 2.00 bits per heavy atom. The van der Waals surface area contributed by atoms with Crippen molar-refractivity contribution in [2.45, 2.75) is 51.6 Å². The van der Waals surface area contributed by atoms with Gasteiger partial charge in [0, 0.05) is 12.1 Å². The number of imidazole rings is 1. The first-order chi connectivity index (χ1) is 8.75. The fourth-order valence-corrected chi connectivity index (χ4v) is 2.60. The smallest absolute Gasteiger partial charge is 0.165 e. The van der Waals surface area contributed by atoms with Crippen molar-refractivity contribution in [3.63, 3.8) is 0 Å². The number of rotatable bonds is 3. The molecule has 0 aliphatic heterocycles. The summed E-state index contributed by atoms with van der Waals surface area (Å²) in [5.74, 6) is 0.881. The Morgan fingerprint density at radius 3 is 2.72 bits per heavy atom. The van der Waals surface area contributed by atoms with E-state index in [9.17, 15) is 0 Å². The molecular formula is C13H19N5. The maximum absolute atomic E-state index is 4.46. The summed E-state index contributed by atoms with van der Waals surface area (Å²) in [6, 6.07) is 0.913. The molecule has 5 heteroatoms. The SMILES string of the molecule is CC(C)n1cnc2c(NC3CCCC3)ncnc21. The topological polar surface area (TPSA) is 55.6 Å². The van der Waals surface area contributed by atoms with Crippen molar-refractivity contribution >= 4 is 17.0 Å². The monoisotopic (exact) mass is 245 g/mol. The molecule has 3 rings (SSSR count). The van der Waals surface area contributed by atoms with Crippen molar-refractivity contribution in [1.29, 1.82) is 0 Å². The Balaban J connectivity index is 1.96. The molecule has 1 N–H and O–H groups in total. The predicted octanol–water partition coefficient (Wildman–Crippen LogP) is 2.76. The summed E-state index contributed by atoms with van der Waals surface area (Å²) in [5, 5.41) is 3.51. The summed E-state index contributed by atoms with van der Waals surface area (Å²) in [6.45, 7) is 4.26. The van der Waals surface area contributed by atoms with Gasteiger partial charge in [0.2, 0.25) is 0 Å². The van der Waals surface area contributed by atoms with Crippen LogP contribution >= 0.6 is 0 Å². The van der Waals surface area contributed by atoms with E-state index in [2.05, 4.69) is 38.7 Å². The van der Waals surface area contributed by atoms with Crippen LogP contribution in [0.5, 0.6) is 0 Å². The summed E-state index contributed by atoms with van der Waals surface area (Å²) in [7, 11) is 0. The van der Waals surface area contributed by atoms with Crippen LogP contribution in [0, 0.1) is 0 Å². The van der Waals surface area contributed by atoms with Crippen LogP contribution in [0.15, 0.2) is 12.7 Å². The van der Waals surface area contributed by atoms with Gasteiger partial charge in [-0.3, -0.25) is 0 Å². The fraction of sp³-hybridized carbons (Fsp3) is 0.615. The highest BCUT2D eigenvalue weighted by Crippen LogP contribution is 2.25. The van der Waals surface area contributed by atoms with Crippen LogP contribution in [0.2, 0.25) is 0 Å². The van der Waals surface area contributed by atoms with Gasteiger partial charge in [0.15, 0.2) is 11.5 Å². The molecule has 5 nitrogen and oxygen atoms in total. The van der Waals surface area contributed by atoms with E-state index < -0.39 is 0 Å². The van der Waals surface area contributed by atoms with Gasteiger partial charge in [0.25, 0.3) is 0 Å². The van der Waals surface area contributed by atoms with Crippen molar-refractivity contribution in [1.82, 2.24) is 19.5 Å². The Hall–Kier alpha value is -1.65. The minimum Gasteiger partial charge on any atom is -0.365 e. The first-order valence-corrected chi connectivity index (χ1v) is 6.70. The Kier molecular flexibility index (Phi) is 2.89. The lowest BCUT2D eigenvalue weighted by Crippen LogP contribution is -2.16. The average Bonchev–Trinajstić information content (AvgIpc) is 2.97. The fourth-order valence-electron chi connectivity index (χ4n) is 2.60.